The van der Waals surface area contributed by atoms with Gasteiger partial charge in [0.25, 0.3) is 0 Å². The molecule has 1 saturated heterocycles. The number of carbonyl (C=O) groups excluding carboxylic acids is 1. The fourth-order valence-corrected chi connectivity index (χ4v) is 4.60. The van der Waals surface area contributed by atoms with Gasteiger partial charge in [0.05, 0.1) is 17.1 Å². The fourth-order valence-electron chi connectivity index (χ4n) is 3.97. The maximum atomic E-state index is 12.0. The SMILES string of the molecule is CC(C)OC(=O)N1CCC(COC2CC=C(c3ccc(S(C)(=O)=O)cc3)CC2)CC1. The molecule has 30 heavy (non-hydrogen) atoms. The topological polar surface area (TPSA) is 72.9 Å². The van der Waals surface area contributed by atoms with E-state index in [1.807, 2.05) is 26.0 Å². The predicted octanol–water partition coefficient (Wildman–Crippen LogP) is 4.30. The molecular formula is C23H33NO5S. The van der Waals surface area contributed by atoms with E-state index in [1.54, 1.807) is 17.0 Å². The van der Waals surface area contributed by atoms with Crippen LogP contribution in [0.2, 0.25) is 0 Å². The van der Waals surface area contributed by atoms with Crippen molar-refractivity contribution in [1.29, 1.82) is 0 Å². The van der Waals surface area contributed by atoms with Crippen molar-refractivity contribution in [3.05, 3.63) is 35.9 Å². The summed E-state index contributed by atoms with van der Waals surface area (Å²) in [4.78, 5) is 14.1. The molecule has 0 bridgehead atoms. The zero-order chi connectivity index (χ0) is 21.7. The summed E-state index contributed by atoms with van der Waals surface area (Å²) in [6, 6.07) is 7.14. The van der Waals surface area contributed by atoms with Crippen LogP contribution >= 0.6 is 0 Å². The number of amides is 1. The molecule has 1 fully saturated rings. The molecule has 1 unspecified atom stereocenters. The average Bonchev–Trinajstić information content (AvgIpc) is 2.72. The highest BCUT2D eigenvalue weighted by Crippen LogP contribution is 2.30. The molecule has 1 heterocycles. The van der Waals surface area contributed by atoms with Crippen molar-refractivity contribution >= 4 is 21.5 Å². The van der Waals surface area contributed by atoms with Gasteiger partial charge in [-0.2, -0.15) is 0 Å². The molecule has 0 N–H and O–H groups in total. The number of ether oxygens (including phenoxy) is 2. The molecule has 1 amide bonds. The normalized spacial score (nSPS) is 20.9. The molecule has 0 radical (unpaired) electrons. The second kappa shape index (κ2) is 9.96. The van der Waals surface area contributed by atoms with Crippen LogP contribution < -0.4 is 0 Å². The van der Waals surface area contributed by atoms with E-state index in [9.17, 15) is 13.2 Å². The molecule has 0 aromatic heterocycles. The molecule has 6 nitrogen and oxygen atoms in total. The molecule has 1 aromatic rings. The van der Waals surface area contributed by atoms with Gasteiger partial charge in [-0.25, -0.2) is 13.2 Å². The minimum atomic E-state index is -3.16. The second-order valence-electron chi connectivity index (χ2n) is 8.62. The first-order valence-corrected chi connectivity index (χ1v) is 12.7. The number of rotatable bonds is 6. The molecule has 166 valence electrons. The molecule has 3 rings (SSSR count). The van der Waals surface area contributed by atoms with Crippen molar-refractivity contribution in [3.63, 3.8) is 0 Å². The highest BCUT2D eigenvalue weighted by atomic mass is 32.2. The zero-order valence-corrected chi connectivity index (χ0v) is 19.0. The van der Waals surface area contributed by atoms with Gasteiger partial charge >= 0.3 is 6.09 Å². The van der Waals surface area contributed by atoms with Gasteiger partial charge in [-0.3, -0.25) is 0 Å². The number of benzene rings is 1. The second-order valence-corrected chi connectivity index (χ2v) is 10.6. The van der Waals surface area contributed by atoms with Gasteiger partial charge in [-0.15, -0.1) is 0 Å². The quantitative estimate of drug-likeness (QED) is 0.666. The standard InChI is InChI=1S/C23H33NO5S/c1-17(2)29-23(25)24-14-12-18(13-15-24)16-28-21-8-4-19(5-9-21)20-6-10-22(11-7-20)30(3,26)27/h4,6-7,10-11,17-18,21H,5,8-9,12-16H2,1-3H3. The predicted molar refractivity (Wildman–Crippen MR) is 117 cm³/mol. The van der Waals surface area contributed by atoms with Crippen LogP contribution in [0.3, 0.4) is 0 Å². The van der Waals surface area contributed by atoms with Crippen LogP contribution in [-0.4, -0.2) is 57.6 Å². The highest BCUT2D eigenvalue weighted by molar-refractivity contribution is 7.90. The monoisotopic (exact) mass is 435 g/mol. The van der Waals surface area contributed by atoms with Crippen LogP contribution in [0.25, 0.3) is 5.57 Å². The number of likely N-dealkylation sites (tertiary alicyclic amines) is 1. The zero-order valence-electron chi connectivity index (χ0n) is 18.2. The first-order chi connectivity index (χ1) is 14.2. The summed E-state index contributed by atoms with van der Waals surface area (Å²) >= 11 is 0. The van der Waals surface area contributed by atoms with Gasteiger partial charge in [0.2, 0.25) is 0 Å². The van der Waals surface area contributed by atoms with E-state index < -0.39 is 9.84 Å². The maximum absolute atomic E-state index is 12.0. The Morgan fingerprint density at radius 3 is 2.33 bits per heavy atom. The number of piperidine rings is 1. The first-order valence-electron chi connectivity index (χ1n) is 10.8. The van der Waals surface area contributed by atoms with E-state index >= 15 is 0 Å². The summed E-state index contributed by atoms with van der Waals surface area (Å²) in [6.07, 6.45) is 8.07. The van der Waals surface area contributed by atoms with Crippen molar-refractivity contribution < 1.29 is 22.7 Å². The summed E-state index contributed by atoms with van der Waals surface area (Å²) in [5, 5.41) is 0. The van der Waals surface area contributed by atoms with E-state index in [2.05, 4.69) is 6.08 Å². The minimum Gasteiger partial charge on any atom is -0.447 e. The number of sulfone groups is 1. The Morgan fingerprint density at radius 1 is 1.13 bits per heavy atom. The van der Waals surface area contributed by atoms with Crippen molar-refractivity contribution in [2.75, 3.05) is 26.0 Å². The van der Waals surface area contributed by atoms with Gasteiger partial charge in [-0.05, 0) is 75.1 Å². The van der Waals surface area contributed by atoms with Gasteiger partial charge in [0.15, 0.2) is 9.84 Å². The third-order valence-corrected chi connectivity index (χ3v) is 6.92. The molecule has 1 atom stereocenters. The van der Waals surface area contributed by atoms with Crippen LogP contribution in [-0.2, 0) is 19.3 Å². The maximum Gasteiger partial charge on any atom is 0.410 e. The lowest BCUT2D eigenvalue weighted by atomic mass is 9.92. The Bertz CT molecular complexity index is 852. The summed E-state index contributed by atoms with van der Waals surface area (Å²) in [5.74, 6) is 0.488. The van der Waals surface area contributed by atoms with E-state index in [0.717, 1.165) is 57.4 Å². The molecule has 7 heteroatoms. The third-order valence-electron chi connectivity index (χ3n) is 5.79. The Morgan fingerprint density at radius 2 is 1.80 bits per heavy atom. The van der Waals surface area contributed by atoms with E-state index in [4.69, 9.17) is 9.47 Å². The lowest BCUT2D eigenvalue weighted by Gasteiger charge is -2.32. The van der Waals surface area contributed by atoms with Gasteiger partial charge < -0.3 is 14.4 Å². The highest BCUT2D eigenvalue weighted by Gasteiger charge is 2.25. The van der Waals surface area contributed by atoms with E-state index in [-0.39, 0.29) is 18.3 Å². The summed E-state index contributed by atoms with van der Waals surface area (Å²) in [6.45, 7) is 5.94. The Hall–Kier alpha value is -1.86. The van der Waals surface area contributed by atoms with Crippen molar-refractivity contribution in [1.82, 2.24) is 4.90 Å². The largest absolute Gasteiger partial charge is 0.447 e. The molecule has 1 aromatic carbocycles. The van der Waals surface area contributed by atoms with Crippen molar-refractivity contribution in [3.8, 4) is 0 Å². The Balaban J connectivity index is 1.42. The molecular weight excluding hydrogens is 402 g/mol. The van der Waals surface area contributed by atoms with Crippen LogP contribution in [0.1, 0.15) is 51.5 Å². The summed E-state index contributed by atoms with van der Waals surface area (Å²) in [7, 11) is -3.16. The third kappa shape index (κ3) is 6.32. The Labute approximate surface area is 180 Å². The van der Waals surface area contributed by atoms with Crippen LogP contribution in [0, 0.1) is 5.92 Å². The van der Waals surface area contributed by atoms with Gasteiger partial charge in [0, 0.05) is 26.0 Å². The molecule has 0 saturated carbocycles. The molecule has 1 aliphatic heterocycles. The number of hydrogen-bond donors (Lipinski definition) is 0. The molecule has 2 aliphatic rings. The lowest BCUT2D eigenvalue weighted by Crippen LogP contribution is -2.40. The summed E-state index contributed by atoms with van der Waals surface area (Å²) < 4.78 is 34.6. The van der Waals surface area contributed by atoms with Crippen LogP contribution in [0.4, 0.5) is 4.79 Å². The van der Waals surface area contributed by atoms with Gasteiger partial charge in [-0.1, -0.05) is 18.2 Å². The number of nitrogens with zero attached hydrogens (tertiary/aromatic N) is 1. The van der Waals surface area contributed by atoms with E-state index in [1.165, 1.54) is 11.8 Å². The molecule has 1 aliphatic carbocycles. The number of allylic oxidation sites excluding steroid dienone is 1. The molecule has 0 spiro atoms. The van der Waals surface area contributed by atoms with Crippen molar-refractivity contribution in [2.45, 2.75) is 63.1 Å². The fraction of sp³-hybridized carbons (Fsp3) is 0.609. The summed E-state index contributed by atoms with van der Waals surface area (Å²) in [5.41, 5.74) is 2.34. The van der Waals surface area contributed by atoms with Gasteiger partial charge in [0.1, 0.15) is 0 Å². The van der Waals surface area contributed by atoms with E-state index in [0.29, 0.717) is 10.8 Å². The Kier molecular flexibility index (Phi) is 7.58. The number of hydrogen-bond acceptors (Lipinski definition) is 5. The smallest absolute Gasteiger partial charge is 0.410 e. The first kappa shape index (κ1) is 22.8. The van der Waals surface area contributed by atoms with Crippen LogP contribution in [0.15, 0.2) is 35.2 Å². The lowest BCUT2D eigenvalue weighted by molar-refractivity contribution is 0.00620. The van der Waals surface area contributed by atoms with Crippen molar-refractivity contribution in [2.24, 2.45) is 5.92 Å². The minimum absolute atomic E-state index is 0.0829. The average molecular weight is 436 g/mol. The van der Waals surface area contributed by atoms with Crippen LogP contribution in [0.5, 0.6) is 0 Å². The number of carbonyl (C=O) groups is 1.